The van der Waals surface area contributed by atoms with Gasteiger partial charge in [0.1, 0.15) is 5.82 Å². The fraction of sp³-hybridized carbons (Fsp3) is 0.538. The SMILES string of the molecule is CNCC1CCCN(S(=O)(=O)Nc2ccc(F)c(Cl)c2)C1. The van der Waals surface area contributed by atoms with Crippen molar-refractivity contribution in [1.82, 2.24) is 9.62 Å². The summed E-state index contributed by atoms with van der Waals surface area (Å²) in [6.45, 7) is 1.75. The second-order valence-electron chi connectivity index (χ2n) is 5.16. The number of hydrogen-bond acceptors (Lipinski definition) is 3. The molecule has 0 spiro atoms. The minimum atomic E-state index is -3.64. The predicted octanol–water partition coefficient (Wildman–Crippen LogP) is 2.07. The summed E-state index contributed by atoms with van der Waals surface area (Å²) >= 11 is 5.66. The largest absolute Gasteiger partial charge is 0.319 e. The summed E-state index contributed by atoms with van der Waals surface area (Å²) in [4.78, 5) is 0. The van der Waals surface area contributed by atoms with Crippen molar-refractivity contribution in [2.45, 2.75) is 12.8 Å². The number of anilines is 1. The number of rotatable bonds is 5. The van der Waals surface area contributed by atoms with Crippen LogP contribution >= 0.6 is 11.6 Å². The number of benzene rings is 1. The molecule has 21 heavy (non-hydrogen) atoms. The summed E-state index contributed by atoms with van der Waals surface area (Å²) in [5.41, 5.74) is 0.261. The maximum absolute atomic E-state index is 13.1. The van der Waals surface area contributed by atoms with Gasteiger partial charge in [-0.05, 0) is 50.6 Å². The Hall–Kier alpha value is -0.890. The van der Waals surface area contributed by atoms with E-state index in [1.165, 1.54) is 16.4 Å². The van der Waals surface area contributed by atoms with Gasteiger partial charge < -0.3 is 5.32 Å². The quantitative estimate of drug-likeness (QED) is 0.866. The number of nitrogens with one attached hydrogen (secondary N) is 2. The van der Waals surface area contributed by atoms with Crippen molar-refractivity contribution in [3.05, 3.63) is 29.0 Å². The molecular weight excluding hydrogens is 317 g/mol. The summed E-state index contributed by atoms with van der Waals surface area (Å²) < 4.78 is 41.7. The first-order valence-corrected chi connectivity index (χ1v) is 8.61. The second-order valence-corrected chi connectivity index (χ2v) is 7.24. The Bertz CT molecular complexity index is 595. The first-order chi connectivity index (χ1) is 9.92. The minimum absolute atomic E-state index is 0.109. The fourth-order valence-electron chi connectivity index (χ4n) is 2.47. The van der Waals surface area contributed by atoms with Gasteiger partial charge in [0.05, 0.1) is 10.7 Å². The van der Waals surface area contributed by atoms with Crippen molar-refractivity contribution in [2.75, 3.05) is 31.4 Å². The summed E-state index contributed by atoms with van der Waals surface area (Å²) in [6, 6.07) is 3.76. The van der Waals surface area contributed by atoms with Crippen molar-refractivity contribution in [1.29, 1.82) is 0 Å². The monoisotopic (exact) mass is 335 g/mol. The molecule has 0 amide bonds. The molecule has 0 aromatic heterocycles. The van der Waals surface area contributed by atoms with Crippen LogP contribution in [0.15, 0.2) is 18.2 Å². The Kier molecular flexibility index (Phi) is 5.43. The van der Waals surface area contributed by atoms with Crippen LogP contribution in [0.4, 0.5) is 10.1 Å². The average Bonchev–Trinajstić information content (AvgIpc) is 2.43. The van der Waals surface area contributed by atoms with E-state index in [2.05, 4.69) is 10.0 Å². The molecule has 118 valence electrons. The van der Waals surface area contributed by atoms with Crippen LogP contribution in [0.3, 0.4) is 0 Å². The molecule has 5 nitrogen and oxygen atoms in total. The van der Waals surface area contributed by atoms with Crippen LogP contribution in [0.5, 0.6) is 0 Å². The average molecular weight is 336 g/mol. The van der Waals surface area contributed by atoms with E-state index in [0.29, 0.717) is 19.0 Å². The number of piperidine rings is 1. The topological polar surface area (TPSA) is 61.4 Å². The summed E-state index contributed by atoms with van der Waals surface area (Å²) in [6.07, 6.45) is 1.84. The van der Waals surface area contributed by atoms with Crippen LogP contribution in [0.2, 0.25) is 5.02 Å². The maximum Gasteiger partial charge on any atom is 0.301 e. The van der Waals surface area contributed by atoms with E-state index in [4.69, 9.17) is 11.6 Å². The van der Waals surface area contributed by atoms with E-state index in [1.807, 2.05) is 7.05 Å². The lowest BCUT2D eigenvalue weighted by Crippen LogP contribution is -2.44. The van der Waals surface area contributed by atoms with Gasteiger partial charge in [-0.15, -0.1) is 0 Å². The molecule has 0 radical (unpaired) electrons. The molecule has 1 aliphatic rings. The maximum atomic E-state index is 13.1. The van der Waals surface area contributed by atoms with E-state index >= 15 is 0 Å². The van der Waals surface area contributed by atoms with E-state index in [-0.39, 0.29) is 10.7 Å². The van der Waals surface area contributed by atoms with Gasteiger partial charge in [0.15, 0.2) is 0 Å². The van der Waals surface area contributed by atoms with E-state index in [9.17, 15) is 12.8 Å². The summed E-state index contributed by atoms with van der Waals surface area (Å²) in [5.74, 6) is -0.274. The van der Waals surface area contributed by atoms with Crippen LogP contribution in [0.1, 0.15) is 12.8 Å². The highest BCUT2D eigenvalue weighted by Crippen LogP contribution is 2.23. The third-order valence-corrected chi connectivity index (χ3v) is 5.28. The van der Waals surface area contributed by atoms with Crippen LogP contribution < -0.4 is 10.0 Å². The van der Waals surface area contributed by atoms with Gasteiger partial charge in [-0.2, -0.15) is 12.7 Å². The Morgan fingerprint density at radius 3 is 2.90 bits per heavy atom. The van der Waals surface area contributed by atoms with E-state index in [1.54, 1.807) is 0 Å². The molecule has 8 heteroatoms. The fourth-order valence-corrected chi connectivity index (χ4v) is 3.98. The normalized spacial score (nSPS) is 20.4. The Balaban J connectivity index is 2.08. The first-order valence-electron chi connectivity index (χ1n) is 6.80. The summed E-state index contributed by atoms with van der Waals surface area (Å²) in [5, 5.41) is 2.96. The van der Waals surface area contributed by atoms with E-state index in [0.717, 1.165) is 25.5 Å². The van der Waals surface area contributed by atoms with Gasteiger partial charge in [0.25, 0.3) is 0 Å². The summed E-state index contributed by atoms with van der Waals surface area (Å²) in [7, 11) is -1.79. The van der Waals surface area contributed by atoms with Crippen molar-refractivity contribution in [3.8, 4) is 0 Å². The molecule has 1 fully saturated rings. The Morgan fingerprint density at radius 1 is 1.48 bits per heavy atom. The lowest BCUT2D eigenvalue weighted by molar-refractivity contribution is 0.264. The highest BCUT2D eigenvalue weighted by molar-refractivity contribution is 7.90. The van der Waals surface area contributed by atoms with E-state index < -0.39 is 16.0 Å². The number of halogens is 2. The third kappa shape index (κ3) is 4.29. The zero-order valence-corrected chi connectivity index (χ0v) is 13.3. The Labute approximate surface area is 129 Å². The molecule has 1 atom stereocenters. The molecule has 2 N–H and O–H groups in total. The molecule has 0 bridgehead atoms. The molecule has 0 saturated carbocycles. The smallest absolute Gasteiger partial charge is 0.301 e. The predicted molar refractivity (Wildman–Crippen MR) is 82.2 cm³/mol. The lowest BCUT2D eigenvalue weighted by atomic mass is 10.00. The number of nitrogens with zero attached hydrogens (tertiary/aromatic N) is 1. The second kappa shape index (κ2) is 6.91. The zero-order chi connectivity index (χ0) is 15.5. The van der Waals surface area contributed by atoms with Gasteiger partial charge in [-0.25, -0.2) is 4.39 Å². The molecule has 1 aromatic rings. The molecular formula is C13H19ClFN3O2S. The number of hydrogen-bond donors (Lipinski definition) is 2. The molecule has 1 unspecified atom stereocenters. The highest BCUT2D eigenvalue weighted by Gasteiger charge is 2.28. The molecule has 0 aliphatic carbocycles. The zero-order valence-electron chi connectivity index (χ0n) is 11.8. The van der Waals surface area contributed by atoms with Crippen LogP contribution in [0, 0.1) is 11.7 Å². The lowest BCUT2D eigenvalue weighted by Gasteiger charge is -2.31. The molecule has 1 heterocycles. The standard InChI is InChI=1S/C13H19ClFN3O2S/c1-16-8-10-3-2-6-18(9-10)21(19,20)17-11-4-5-13(15)12(14)7-11/h4-5,7,10,16-17H,2-3,6,8-9H2,1H3. The minimum Gasteiger partial charge on any atom is -0.319 e. The van der Waals surface area contributed by atoms with Gasteiger partial charge in [0, 0.05) is 13.1 Å². The van der Waals surface area contributed by atoms with Crippen LogP contribution in [-0.4, -0.2) is 39.4 Å². The Morgan fingerprint density at radius 2 is 2.24 bits per heavy atom. The van der Waals surface area contributed by atoms with Crippen molar-refractivity contribution in [2.24, 2.45) is 5.92 Å². The molecule has 1 saturated heterocycles. The molecule has 1 aromatic carbocycles. The van der Waals surface area contributed by atoms with Gasteiger partial charge in [0.2, 0.25) is 0 Å². The van der Waals surface area contributed by atoms with Crippen molar-refractivity contribution in [3.63, 3.8) is 0 Å². The highest BCUT2D eigenvalue weighted by atomic mass is 35.5. The van der Waals surface area contributed by atoms with Crippen LogP contribution in [-0.2, 0) is 10.2 Å². The van der Waals surface area contributed by atoms with Crippen LogP contribution in [0.25, 0.3) is 0 Å². The molecule has 2 rings (SSSR count). The third-order valence-electron chi connectivity index (χ3n) is 3.48. The van der Waals surface area contributed by atoms with Crippen molar-refractivity contribution < 1.29 is 12.8 Å². The van der Waals surface area contributed by atoms with Gasteiger partial charge >= 0.3 is 10.2 Å². The van der Waals surface area contributed by atoms with Gasteiger partial charge in [-0.3, -0.25) is 4.72 Å². The first kappa shape index (κ1) is 16.5. The van der Waals surface area contributed by atoms with Gasteiger partial charge in [-0.1, -0.05) is 11.6 Å². The molecule has 1 aliphatic heterocycles. The van der Waals surface area contributed by atoms with Crippen molar-refractivity contribution >= 4 is 27.5 Å².